The van der Waals surface area contributed by atoms with Crippen LogP contribution in [0.3, 0.4) is 0 Å². The van der Waals surface area contributed by atoms with E-state index < -0.39 is 15.9 Å². The molecule has 0 aliphatic carbocycles. The third-order valence-electron chi connectivity index (χ3n) is 3.43. The minimum atomic E-state index is -3.61. The number of methoxy groups -OCH3 is 1. The van der Waals surface area contributed by atoms with Crippen LogP contribution in [-0.2, 0) is 14.8 Å². The normalized spacial score (nSPS) is 11.3. The fourth-order valence-corrected chi connectivity index (χ4v) is 3.78. The molecule has 0 aliphatic heterocycles. The van der Waals surface area contributed by atoms with Crippen molar-refractivity contribution in [1.29, 1.82) is 0 Å². The topological polar surface area (TPSA) is 84.5 Å². The molecule has 26 heavy (non-hydrogen) atoms. The molecule has 0 atom stereocenters. The van der Waals surface area contributed by atoms with Gasteiger partial charge in [0.25, 0.3) is 5.91 Å². The standard InChI is InChI=1S/C17H18Cl2N2O4S/c1-25-11-3-10-20-26(23,24)13-8-6-12(7-9-13)21-17(22)16-14(18)4-2-5-15(16)19/h2,4-9,20H,3,10-11H2,1H3,(H,21,22). The number of hydrogen-bond donors (Lipinski definition) is 2. The van der Waals surface area contributed by atoms with Gasteiger partial charge in [-0.2, -0.15) is 0 Å². The molecule has 0 spiro atoms. The van der Waals surface area contributed by atoms with Gasteiger partial charge >= 0.3 is 0 Å². The summed E-state index contributed by atoms with van der Waals surface area (Å²) < 4.78 is 31.7. The number of nitrogens with one attached hydrogen (secondary N) is 2. The van der Waals surface area contributed by atoms with Crippen LogP contribution in [0.2, 0.25) is 10.0 Å². The third-order valence-corrected chi connectivity index (χ3v) is 5.54. The Morgan fingerprint density at radius 1 is 1.08 bits per heavy atom. The second-order valence-corrected chi connectivity index (χ2v) is 7.90. The molecule has 0 saturated heterocycles. The first-order chi connectivity index (χ1) is 12.3. The van der Waals surface area contributed by atoms with Crippen LogP contribution in [0, 0.1) is 0 Å². The molecule has 1 amide bonds. The zero-order chi connectivity index (χ0) is 19.2. The van der Waals surface area contributed by atoms with E-state index in [2.05, 4.69) is 10.0 Å². The van der Waals surface area contributed by atoms with Crippen molar-refractivity contribution >= 4 is 44.8 Å². The van der Waals surface area contributed by atoms with Crippen molar-refractivity contribution in [2.75, 3.05) is 25.6 Å². The highest BCUT2D eigenvalue weighted by Crippen LogP contribution is 2.25. The molecule has 2 N–H and O–H groups in total. The molecule has 9 heteroatoms. The number of sulfonamides is 1. The summed E-state index contributed by atoms with van der Waals surface area (Å²) in [6.45, 7) is 0.748. The number of rotatable bonds is 8. The Morgan fingerprint density at radius 3 is 2.27 bits per heavy atom. The van der Waals surface area contributed by atoms with E-state index in [1.165, 1.54) is 24.3 Å². The maximum absolute atomic E-state index is 12.3. The van der Waals surface area contributed by atoms with E-state index in [1.807, 2.05) is 0 Å². The highest BCUT2D eigenvalue weighted by atomic mass is 35.5. The van der Waals surface area contributed by atoms with Crippen LogP contribution in [-0.4, -0.2) is 34.6 Å². The molecule has 0 unspecified atom stereocenters. The Kier molecular flexibility index (Phi) is 7.43. The molecule has 6 nitrogen and oxygen atoms in total. The van der Waals surface area contributed by atoms with Gasteiger partial charge in [-0.25, -0.2) is 13.1 Å². The number of ether oxygens (including phenoxy) is 1. The molecule has 0 aromatic heterocycles. The average Bonchev–Trinajstić information content (AvgIpc) is 2.59. The lowest BCUT2D eigenvalue weighted by Crippen LogP contribution is -2.25. The molecule has 2 aromatic carbocycles. The quantitative estimate of drug-likeness (QED) is 0.644. The third kappa shape index (κ3) is 5.43. The molecule has 0 bridgehead atoms. The van der Waals surface area contributed by atoms with Crippen molar-refractivity contribution in [1.82, 2.24) is 4.72 Å². The highest BCUT2D eigenvalue weighted by molar-refractivity contribution is 7.89. The number of amides is 1. The summed E-state index contributed by atoms with van der Waals surface area (Å²) in [5.74, 6) is -0.478. The van der Waals surface area contributed by atoms with Crippen molar-refractivity contribution in [3.05, 3.63) is 58.1 Å². The Bertz CT molecular complexity index is 851. The predicted octanol–water partition coefficient (Wildman–Crippen LogP) is 3.56. The van der Waals surface area contributed by atoms with Gasteiger partial charge in [0.05, 0.1) is 20.5 Å². The lowest BCUT2D eigenvalue weighted by Gasteiger charge is -2.10. The summed E-state index contributed by atoms with van der Waals surface area (Å²) in [5, 5.41) is 3.10. The molecule has 0 heterocycles. The van der Waals surface area contributed by atoms with E-state index in [0.717, 1.165) is 0 Å². The minimum absolute atomic E-state index is 0.101. The molecule has 2 rings (SSSR count). The van der Waals surface area contributed by atoms with Gasteiger partial charge in [-0.05, 0) is 42.8 Å². The molecular formula is C17H18Cl2N2O4S. The fraction of sp³-hybridized carbons (Fsp3) is 0.235. The first-order valence-corrected chi connectivity index (χ1v) is 9.93. The molecule has 0 fully saturated rings. The summed E-state index contributed by atoms with van der Waals surface area (Å²) in [4.78, 5) is 12.4. The maximum Gasteiger partial charge on any atom is 0.258 e. The van der Waals surface area contributed by atoms with Crippen molar-refractivity contribution in [2.45, 2.75) is 11.3 Å². The van der Waals surface area contributed by atoms with Crippen LogP contribution in [0.15, 0.2) is 47.4 Å². The summed E-state index contributed by atoms with van der Waals surface area (Å²) >= 11 is 12.0. The van der Waals surface area contributed by atoms with Crippen molar-refractivity contribution in [2.24, 2.45) is 0 Å². The van der Waals surface area contributed by atoms with E-state index in [4.69, 9.17) is 27.9 Å². The number of benzene rings is 2. The number of anilines is 1. The first-order valence-electron chi connectivity index (χ1n) is 7.69. The smallest absolute Gasteiger partial charge is 0.258 e. The van der Waals surface area contributed by atoms with Crippen molar-refractivity contribution < 1.29 is 17.9 Å². The zero-order valence-corrected chi connectivity index (χ0v) is 16.3. The lowest BCUT2D eigenvalue weighted by atomic mass is 10.2. The maximum atomic E-state index is 12.3. The Balaban J connectivity index is 2.06. The van der Waals surface area contributed by atoms with Gasteiger partial charge in [-0.1, -0.05) is 29.3 Å². The lowest BCUT2D eigenvalue weighted by molar-refractivity contribution is 0.102. The number of halogens is 2. The molecule has 2 aromatic rings. The SMILES string of the molecule is COCCCNS(=O)(=O)c1ccc(NC(=O)c2c(Cl)cccc2Cl)cc1. The molecule has 0 saturated carbocycles. The number of carbonyl (C=O) groups is 1. The second kappa shape index (κ2) is 9.34. The average molecular weight is 417 g/mol. The van der Waals surface area contributed by atoms with Gasteiger partial charge in [-0.15, -0.1) is 0 Å². The predicted molar refractivity (Wildman–Crippen MR) is 103 cm³/mol. The van der Waals surface area contributed by atoms with Gasteiger partial charge in [0.2, 0.25) is 10.0 Å². The summed E-state index contributed by atoms with van der Waals surface area (Å²) in [7, 11) is -2.06. The van der Waals surface area contributed by atoms with E-state index in [-0.39, 0.29) is 27.0 Å². The summed E-state index contributed by atoms with van der Waals surface area (Å²) in [6.07, 6.45) is 0.572. The monoisotopic (exact) mass is 416 g/mol. The summed E-state index contributed by atoms with van der Waals surface area (Å²) in [6, 6.07) is 10.6. The largest absolute Gasteiger partial charge is 0.385 e. The number of hydrogen-bond acceptors (Lipinski definition) is 4. The zero-order valence-electron chi connectivity index (χ0n) is 14.0. The van der Waals surface area contributed by atoms with Gasteiger partial charge < -0.3 is 10.1 Å². The Hall–Kier alpha value is -1.64. The number of carbonyl (C=O) groups excluding carboxylic acids is 1. The van der Waals surface area contributed by atoms with E-state index in [0.29, 0.717) is 18.7 Å². The Labute approximate surface area is 162 Å². The van der Waals surface area contributed by atoms with Gasteiger partial charge in [0.1, 0.15) is 0 Å². The Morgan fingerprint density at radius 2 is 1.69 bits per heavy atom. The highest BCUT2D eigenvalue weighted by Gasteiger charge is 2.16. The van der Waals surface area contributed by atoms with Crippen LogP contribution in [0.5, 0.6) is 0 Å². The second-order valence-electron chi connectivity index (χ2n) is 5.32. The first kappa shape index (κ1) is 20.7. The summed E-state index contributed by atoms with van der Waals surface area (Å²) in [5.41, 5.74) is 0.580. The van der Waals surface area contributed by atoms with Crippen LogP contribution < -0.4 is 10.0 Å². The van der Waals surface area contributed by atoms with Crippen LogP contribution in [0.1, 0.15) is 16.8 Å². The van der Waals surface area contributed by atoms with Crippen LogP contribution in [0.4, 0.5) is 5.69 Å². The minimum Gasteiger partial charge on any atom is -0.385 e. The van der Waals surface area contributed by atoms with E-state index >= 15 is 0 Å². The van der Waals surface area contributed by atoms with E-state index in [1.54, 1.807) is 25.3 Å². The van der Waals surface area contributed by atoms with Crippen molar-refractivity contribution in [3.63, 3.8) is 0 Å². The molecular weight excluding hydrogens is 399 g/mol. The van der Waals surface area contributed by atoms with Crippen LogP contribution >= 0.6 is 23.2 Å². The molecule has 0 radical (unpaired) electrons. The fourth-order valence-electron chi connectivity index (χ4n) is 2.13. The van der Waals surface area contributed by atoms with E-state index in [9.17, 15) is 13.2 Å². The van der Waals surface area contributed by atoms with Gasteiger partial charge in [0.15, 0.2) is 0 Å². The molecule has 140 valence electrons. The molecule has 0 aliphatic rings. The van der Waals surface area contributed by atoms with Gasteiger partial charge in [-0.3, -0.25) is 4.79 Å². The van der Waals surface area contributed by atoms with Crippen molar-refractivity contribution in [3.8, 4) is 0 Å². The van der Waals surface area contributed by atoms with Gasteiger partial charge in [0, 0.05) is 25.9 Å². The van der Waals surface area contributed by atoms with Crippen LogP contribution in [0.25, 0.3) is 0 Å².